The van der Waals surface area contributed by atoms with Crippen molar-refractivity contribution in [3.63, 3.8) is 0 Å². The summed E-state index contributed by atoms with van der Waals surface area (Å²) in [5, 5.41) is 7.13. The average Bonchev–Trinajstić information content (AvgIpc) is 3.24. The quantitative estimate of drug-likeness (QED) is 0.657. The van der Waals surface area contributed by atoms with E-state index in [1.54, 1.807) is 11.8 Å². The van der Waals surface area contributed by atoms with Gasteiger partial charge in [-0.1, -0.05) is 21.1 Å². The van der Waals surface area contributed by atoms with Gasteiger partial charge in [0.2, 0.25) is 0 Å². The molecule has 9 nitrogen and oxygen atoms in total. The largest absolute Gasteiger partial charge is 0.450 e. The summed E-state index contributed by atoms with van der Waals surface area (Å²) < 4.78 is 5.97. The number of hydrogen-bond donors (Lipinski definition) is 1. The number of oxime groups is 1. The molecule has 0 bridgehead atoms. The van der Waals surface area contributed by atoms with Crippen LogP contribution in [-0.2, 0) is 14.4 Å². The maximum Gasteiger partial charge on any atom is 0.409 e. The Bertz CT molecular complexity index is 919. The highest BCUT2D eigenvalue weighted by Crippen LogP contribution is 2.35. The zero-order valence-corrected chi connectivity index (χ0v) is 20.3. The van der Waals surface area contributed by atoms with Gasteiger partial charge >= 0.3 is 6.09 Å². The molecule has 2 fully saturated rings. The van der Waals surface area contributed by atoms with E-state index in [1.807, 2.05) is 29.2 Å². The number of hydrogen-bond acceptors (Lipinski definition) is 6. The zero-order chi connectivity index (χ0) is 23.4. The molecule has 0 radical (unpaired) electrons. The highest BCUT2D eigenvalue weighted by Gasteiger charge is 2.44. The van der Waals surface area contributed by atoms with Crippen molar-refractivity contribution in [2.45, 2.75) is 50.7 Å². The molecular formula is C23H29BrN4O5. The minimum absolute atomic E-state index is 0.00314. The van der Waals surface area contributed by atoms with E-state index in [2.05, 4.69) is 26.4 Å². The summed E-state index contributed by atoms with van der Waals surface area (Å²) in [4.78, 5) is 46.6. The van der Waals surface area contributed by atoms with Gasteiger partial charge in [0.25, 0.3) is 11.8 Å². The van der Waals surface area contributed by atoms with Gasteiger partial charge in [-0.05, 0) is 44.0 Å². The maximum absolute atomic E-state index is 12.8. The number of halogens is 1. The number of nitrogens with one attached hydrogen (secondary N) is 1. The fourth-order valence-corrected chi connectivity index (χ4v) is 4.76. The first-order valence-electron chi connectivity index (χ1n) is 11.4. The molecule has 3 aliphatic rings. The normalized spacial score (nSPS) is 20.2. The average molecular weight is 521 g/mol. The van der Waals surface area contributed by atoms with Crippen LogP contribution in [0.3, 0.4) is 0 Å². The van der Waals surface area contributed by atoms with Gasteiger partial charge in [-0.3, -0.25) is 9.59 Å². The molecule has 1 aromatic rings. The summed E-state index contributed by atoms with van der Waals surface area (Å²) in [5.41, 5.74) is 0.540. The molecule has 3 aliphatic heterocycles. The highest BCUT2D eigenvalue weighted by atomic mass is 79.9. The monoisotopic (exact) mass is 520 g/mol. The van der Waals surface area contributed by atoms with E-state index in [0.29, 0.717) is 76.2 Å². The lowest BCUT2D eigenvalue weighted by atomic mass is 9.86. The summed E-state index contributed by atoms with van der Waals surface area (Å²) in [6.45, 7) is 4.37. The van der Waals surface area contributed by atoms with Crippen LogP contribution >= 0.6 is 15.9 Å². The Morgan fingerprint density at radius 3 is 2.42 bits per heavy atom. The number of rotatable bonds is 4. The van der Waals surface area contributed by atoms with Gasteiger partial charge < -0.3 is 24.7 Å². The van der Waals surface area contributed by atoms with Gasteiger partial charge in [-0.2, -0.15) is 0 Å². The minimum atomic E-state index is -0.517. The smallest absolute Gasteiger partial charge is 0.409 e. The first-order valence-corrected chi connectivity index (χ1v) is 12.2. The number of ether oxygens (including phenoxy) is 1. The van der Waals surface area contributed by atoms with E-state index in [-0.39, 0.29) is 23.9 Å². The second-order valence-corrected chi connectivity index (χ2v) is 9.64. The lowest BCUT2D eigenvalue weighted by molar-refractivity contribution is -0.115. The van der Waals surface area contributed by atoms with Gasteiger partial charge in [0.1, 0.15) is 11.3 Å². The lowest BCUT2D eigenvalue weighted by Gasteiger charge is -2.37. The molecule has 0 saturated carbocycles. The SMILES string of the molecule is CCOC(=O)N1CCC(NC(=O)C2=NOC3(CCN(C(=O)c4ccc(Br)cc4)CC3)C2)CC1. The van der Waals surface area contributed by atoms with Crippen LogP contribution in [0, 0.1) is 0 Å². The minimum Gasteiger partial charge on any atom is -0.450 e. The van der Waals surface area contributed by atoms with Gasteiger partial charge in [-0.25, -0.2) is 4.79 Å². The molecule has 3 amide bonds. The van der Waals surface area contributed by atoms with E-state index in [4.69, 9.17) is 9.57 Å². The molecule has 0 atom stereocenters. The molecule has 33 heavy (non-hydrogen) atoms. The van der Waals surface area contributed by atoms with E-state index >= 15 is 0 Å². The van der Waals surface area contributed by atoms with Crippen LogP contribution in [0.1, 0.15) is 49.4 Å². The predicted octanol–water partition coefficient (Wildman–Crippen LogP) is 2.94. The second kappa shape index (κ2) is 10.1. The summed E-state index contributed by atoms with van der Waals surface area (Å²) >= 11 is 3.39. The molecule has 10 heteroatoms. The maximum atomic E-state index is 12.8. The van der Waals surface area contributed by atoms with Crippen LogP contribution in [0.4, 0.5) is 4.79 Å². The summed E-state index contributed by atoms with van der Waals surface area (Å²) in [6, 6.07) is 7.33. The number of likely N-dealkylation sites (tertiary alicyclic amines) is 2. The van der Waals surface area contributed by atoms with Crippen molar-refractivity contribution < 1.29 is 24.0 Å². The van der Waals surface area contributed by atoms with Crippen LogP contribution in [0.15, 0.2) is 33.9 Å². The van der Waals surface area contributed by atoms with Gasteiger partial charge in [0.15, 0.2) is 0 Å². The molecule has 2 saturated heterocycles. The van der Waals surface area contributed by atoms with E-state index in [9.17, 15) is 14.4 Å². The summed E-state index contributed by atoms with van der Waals surface area (Å²) in [7, 11) is 0. The molecule has 4 rings (SSSR count). The molecule has 178 valence electrons. The summed E-state index contributed by atoms with van der Waals surface area (Å²) in [5.74, 6) is -0.210. The molecule has 1 aromatic carbocycles. The summed E-state index contributed by atoms with van der Waals surface area (Å²) in [6.07, 6.45) is 2.76. The molecule has 1 N–H and O–H groups in total. The standard InChI is InChI=1S/C23H29BrN4O5/c1-2-32-22(31)28-11-7-18(8-12-28)25-20(29)19-15-23(33-26-19)9-13-27(14-10-23)21(30)16-3-5-17(24)6-4-16/h3-6,18H,2,7-15H2,1H3,(H,25,29). The number of carbonyl (C=O) groups is 3. The zero-order valence-electron chi connectivity index (χ0n) is 18.7. The third kappa shape index (κ3) is 5.48. The molecule has 0 aromatic heterocycles. The van der Waals surface area contributed by atoms with Crippen LogP contribution in [-0.4, -0.2) is 77.8 Å². The Kier molecular flexibility index (Phi) is 7.21. The number of piperidine rings is 2. The van der Waals surface area contributed by atoms with Gasteiger partial charge in [-0.15, -0.1) is 0 Å². The van der Waals surface area contributed by atoms with Crippen molar-refractivity contribution in [2.75, 3.05) is 32.8 Å². The molecule has 0 unspecified atom stereocenters. The third-order valence-corrected chi connectivity index (χ3v) is 7.04. The number of benzene rings is 1. The lowest BCUT2D eigenvalue weighted by Crippen LogP contribution is -2.49. The highest BCUT2D eigenvalue weighted by molar-refractivity contribution is 9.10. The molecule has 3 heterocycles. The second-order valence-electron chi connectivity index (χ2n) is 8.72. The fraction of sp³-hybridized carbons (Fsp3) is 0.565. The number of carbonyl (C=O) groups excluding carboxylic acids is 3. The first-order chi connectivity index (χ1) is 15.9. The topological polar surface area (TPSA) is 101 Å². The Labute approximate surface area is 201 Å². The van der Waals surface area contributed by atoms with Crippen molar-refractivity contribution in [1.29, 1.82) is 0 Å². The van der Waals surface area contributed by atoms with E-state index in [1.165, 1.54) is 0 Å². The van der Waals surface area contributed by atoms with Crippen molar-refractivity contribution >= 4 is 39.5 Å². The Balaban J connectivity index is 1.23. The fourth-order valence-electron chi connectivity index (χ4n) is 4.49. The van der Waals surface area contributed by atoms with Crippen LogP contribution in [0.2, 0.25) is 0 Å². The Morgan fingerprint density at radius 2 is 1.79 bits per heavy atom. The van der Waals surface area contributed by atoms with E-state index in [0.717, 1.165) is 4.47 Å². The third-order valence-electron chi connectivity index (χ3n) is 6.51. The molecule has 1 spiro atoms. The first kappa shape index (κ1) is 23.5. The van der Waals surface area contributed by atoms with E-state index < -0.39 is 5.60 Å². The number of amides is 3. The van der Waals surface area contributed by atoms with Crippen molar-refractivity contribution in [2.24, 2.45) is 5.16 Å². The molecule has 0 aliphatic carbocycles. The van der Waals surface area contributed by atoms with Crippen LogP contribution < -0.4 is 5.32 Å². The Hall–Kier alpha value is -2.62. The van der Waals surface area contributed by atoms with Gasteiger partial charge in [0.05, 0.1) is 6.61 Å². The van der Waals surface area contributed by atoms with Crippen LogP contribution in [0.25, 0.3) is 0 Å². The predicted molar refractivity (Wildman–Crippen MR) is 125 cm³/mol. The van der Waals surface area contributed by atoms with Gasteiger partial charge in [0, 0.05) is 61.5 Å². The van der Waals surface area contributed by atoms with Crippen molar-refractivity contribution in [1.82, 2.24) is 15.1 Å². The molecular weight excluding hydrogens is 492 g/mol. The van der Waals surface area contributed by atoms with Crippen LogP contribution in [0.5, 0.6) is 0 Å². The van der Waals surface area contributed by atoms with Crippen molar-refractivity contribution in [3.8, 4) is 0 Å². The number of nitrogens with zero attached hydrogens (tertiary/aromatic N) is 3. The van der Waals surface area contributed by atoms with Crippen molar-refractivity contribution in [3.05, 3.63) is 34.3 Å². The Morgan fingerprint density at radius 1 is 1.12 bits per heavy atom.